The van der Waals surface area contributed by atoms with Gasteiger partial charge < -0.3 is 0 Å². The molecule has 1 saturated carbocycles. The topological polar surface area (TPSA) is 3.24 Å². The summed E-state index contributed by atoms with van der Waals surface area (Å²) in [6, 6.07) is 8.07. The molecule has 1 heterocycles. The lowest BCUT2D eigenvalue weighted by atomic mass is 9.83. The molecule has 0 atom stereocenters. The first-order chi connectivity index (χ1) is 9.54. The molecule has 1 aliphatic heterocycles. The van der Waals surface area contributed by atoms with Crippen molar-refractivity contribution in [3.8, 4) is 0 Å². The van der Waals surface area contributed by atoms with Crippen LogP contribution in [0.1, 0.15) is 69.6 Å². The fourth-order valence-corrected chi connectivity index (χ4v) is 3.80. The first-order valence-corrected chi connectivity index (χ1v) is 8.40. The van der Waals surface area contributed by atoms with Gasteiger partial charge in [-0.25, -0.2) is 0 Å². The minimum Gasteiger partial charge on any atom is -0.296 e. The van der Waals surface area contributed by atoms with Gasteiger partial charge >= 0.3 is 0 Å². The quantitative estimate of drug-likeness (QED) is 0.717. The molecule has 0 unspecified atom stereocenters. The summed E-state index contributed by atoms with van der Waals surface area (Å²) in [5, 5.41) is 0. The van der Waals surface area contributed by atoms with E-state index < -0.39 is 0 Å². The predicted molar refractivity (Wildman–Crippen MR) is 86.1 cm³/mol. The van der Waals surface area contributed by atoms with E-state index in [0.29, 0.717) is 0 Å². The molecule has 1 nitrogen and oxygen atoms in total. The molecule has 0 radical (unpaired) electrons. The second-order valence-corrected chi connectivity index (χ2v) is 7.75. The van der Waals surface area contributed by atoms with Crippen molar-refractivity contribution in [2.75, 3.05) is 6.54 Å². The average molecular weight is 271 g/mol. The van der Waals surface area contributed by atoms with E-state index in [-0.39, 0.29) is 5.41 Å². The smallest absolute Gasteiger partial charge is 0.0239 e. The van der Waals surface area contributed by atoms with E-state index in [0.717, 1.165) is 6.04 Å². The average Bonchev–Trinajstić information content (AvgIpc) is 2.46. The van der Waals surface area contributed by atoms with Gasteiger partial charge in [0.1, 0.15) is 0 Å². The fourth-order valence-electron chi connectivity index (χ4n) is 3.80. The maximum Gasteiger partial charge on any atom is 0.0239 e. The monoisotopic (exact) mass is 271 g/mol. The summed E-state index contributed by atoms with van der Waals surface area (Å²) in [5.74, 6) is 0. The molecule has 1 aliphatic carbocycles. The van der Waals surface area contributed by atoms with Gasteiger partial charge in [-0.05, 0) is 41.4 Å². The standard InChI is InChI=1S/C19H29N/c1-19(2,3)17-10-9-16-14-20(12-11-15(16)13-17)18-7-5-4-6-8-18/h9-10,13,18H,4-8,11-12,14H2,1-3H3. The summed E-state index contributed by atoms with van der Waals surface area (Å²) in [4.78, 5) is 2.75. The Labute approximate surface area is 124 Å². The van der Waals surface area contributed by atoms with Crippen molar-refractivity contribution in [3.63, 3.8) is 0 Å². The highest BCUT2D eigenvalue weighted by Gasteiger charge is 2.25. The number of nitrogens with zero attached hydrogens (tertiary/aromatic N) is 1. The molecule has 1 aromatic carbocycles. The Balaban J connectivity index is 1.75. The maximum absolute atomic E-state index is 2.75. The lowest BCUT2D eigenvalue weighted by molar-refractivity contribution is 0.141. The first-order valence-electron chi connectivity index (χ1n) is 8.40. The number of rotatable bonds is 1. The number of benzene rings is 1. The summed E-state index contributed by atoms with van der Waals surface area (Å²) in [6.07, 6.45) is 8.43. The molecule has 1 heteroatoms. The predicted octanol–water partition coefficient (Wildman–Crippen LogP) is 4.67. The van der Waals surface area contributed by atoms with Crippen LogP contribution in [0.15, 0.2) is 18.2 Å². The molecule has 3 rings (SSSR count). The Hall–Kier alpha value is -0.820. The van der Waals surface area contributed by atoms with Crippen molar-refractivity contribution < 1.29 is 0 Å². The summed E-state index contributed by atoms with van der Waals surface area (Å²) < 4.78 is 0. The van der Waals surface area contributed by atoms with Crippen molar-refractivity contribution in [3.05, 3.63) is 34.9 Å². The van der Waals surface area contributed by atoms with Crippen molar-refractivity contribution in [1.82, 2.24) is 4.90 Å². The third kappa shape index (κ3) is 2.93. The van der Waals surface area contributed by atoms with E-state index in [1.807, 2.05) is 0 Å². The van der Waals surface area contributed by atoms with Crippen molar-refractivity contribution >= 4 is 0 Å². The van der Waals surface area contributed by atoms with Crippen LogP contribution in [-0.2, 0) is 18.4 Å². The molecule has 0 N–H and O–H groups in total. The molecular formula is C19H29N. The van der Waals surface area contributed by atoms with Crippen LogP contribution in [0.5, 0.6) is 0 Å². The second-order valence-electron chi connectivity index (χ2n) is 7.75. The number of fused-ring (bicyclic) bond motifs is 1. The van der Waals surface area contributed by atoms with Crippen molar-refractivity contribution in [2.45, 2.75) is 77.3 Å². The summed E-state index contributed by atoms with van der Waals surface area (Å²) in [7, 11) is 0. The highest BCUT2D eigenvalue weighted by molar-refractivity contribution is 5.36. The number of hydrogen-bond acceptors (Lipinski definition) is 1. The molecule has 0 spiro atoms. The molecule has 1 aromatic rings. The van der Waals surface area contributed by atoms with Crippen molar-refractivity contribution in [2.24, 2.45) is 0 Å². The Morgan fingerprint density at radius 3 is 2.45 bits per heavy atom. The van der Waals surface area contributed by atoms with E-state index in [1.165, 1.54) is 57.2 Å². The van der Waals surface area contributed by atoms with E-state index in [2.05, 4.69) is 43.9 Å². The minimum atomic E-state index is 0.273. The van der Waals surface area contributed by atoms with Crippen LogP contribution < -0.4 is 0 Å². The SMILES string of the molecule is CC(C)(C)c1ccc2c(c1)CCN(C1CCCCC1)C2. The normalized spacial score (nSPS) is 21.8. The van der Waals surface area contributed by atoms with Gasteiger partial charge in [-0.15, -0.1) is 0 Å². The van der Waals surface area contributed by atoms with E-state index >= 15 is 0 Å². The van der Waals surface area contributed by atoms with Gasteiger partial charge in [0.15, 0.2) is 0 Å². The fraction of sp³-hybridized carbons (Fsp3) is 0.684. The van der Waals surface area contributed by atoms with Crippen LogP contribution in [-0.4, -0.2) is 17.5 Å². The third-order valence-corrected chi connectivity index (χ3v) is 5.21. The van der Waals surface area contributed by atoms with Crippen LogP contribution >= 0.6 is 0 Å². The van der Waals surface area contributed by atoms with Crippen LogP contribution in [0.4, 0.5) is 0 Å². The van der Waals surface area contributed by atoms with Crippen molar-refractivity contribution in [1.29, 1.82) is 0 Å². The second kappa shape index (κ2) is 5.52. The molecule has 20 heavy (non-hydrogen) atoms. The molecule has 0 bridgehead atoms. The van der Waals surface area contributed by atoms with Gasteiger partial charge in [0.05, 0.1) is 0 Å². The highest BCUT2D eigenvalue weighted by Crippen LogP contribution is 2.30. The van der Waals surface area contributed by atoms with E-state index in [1.54, 1.807) is 11.1 Å². The largest absolute Gasteiger partial charge is 0.296 e. The maximum atomic E-state index is 2.75. The zero-order chi connectivity index (χ0) is 14.2. The van der Waals surface area contributed by atoms with Gasteiger partial charge in [-0.3, -0.25) is 4.90 Å². The molecule has 0 aromatic heterocycles. The van der Waals surface area contributed by atoms with Gasteiger partial charge in [0.2, 0.25) is 0 Å². The zero-order valence-electron chi connectivity index (χ0n) is 13.4. The molecule has 0 saturated heterocycles. The van der Waals surface area contributed by atoms with Crippen LogP contribution in [0.25, 0.3) is 0 Å². The highest BCUT2D eigenvalue weighted by atomic mass is 15.2. The Bertz CT molecular complexity index is 463. The lowest BCUT2D eigenvalue weighted by Crippen LogP contribution is -2.40. The molecule has 0 amide bonds. The van der Waals surface area contributed by atoms with E-state index in [9.17, 15) is 0 Å². The summed E-state index contributed by atoms with van der Waals surface area (Å²) in [6.45, 7) is 9.39. The number of hydrogen-bond donors (Lipinski definition) is 0. The molecule has 2 aliphatic rings. The van der Waals surface area contributed by atoms with Gasteiger partial charge in [0, 0.05) is 19.1 Å². The van der Waals surface area contributed by atoms with Crippen LogP contribution in [0.2, 0.25) is 0 Å². The molecular weight excluding hydrogens is 242 g/mol. The van der Waals surface area contributed by atoms with E-state index in [4.69, 9.17) is 0 Å². The van der Waals surface area contributed by atoms with Gasteiger partial charge in [0.25, 0.3) is 0 Å². The lowest BCUT2D eigenvalue weighted by Gasteiger charge is -2.38. The summed E-state index contributed by atoms with van der Waals surface area (Å²) >= 11 is 0. The van der Waals surface area contributed by atoms with Gasteiger partial charge in [-0.2, -0.15) is 0 Å². The Morgan fingerprint density at radius 2 is 1.75 bits per heavy atom. The van der Waals surface area contributed by atoms with Crippen LogP contribution in [0.3, 0.4) is 0 Å². The van der Waals surface area contributed by atoms with Gasteiger partial charge in [-0.1, -0.05) is 58.2 Å². The Morgan fingerprint density at radius 1 is 1.00 bits per heavy atom. The van der Waals surface area contributed by atoms with Crippen LogP contribution in [0, 0.1) is 0 Å². The zero-order valence-corrected chi connectivity index (χ0v) is 13.4. The molecule has 110 valence electrons. The summed E-state index contributed by atoms with van der Waals surface area (Å²) in [5.41, 5.74) is 4.94. The molecule has 1 fully saturated rings. The third-order valence-electron chi connectivity index (χ3n) is 5.21. The first kappa shape index (κ1) is 14.1. The Kier molecular flexibility index (Phi) is 3.90. The minimum absolute atomic E-state index is 0.273.